The molecule has 0 aromatic rings. The predicted molar refractivity (Wildman–Crippen MR) is 62.8 cm³/mol. The first-order chi connectivity index (χ1) is 7.08. The van der Waals surface area contributed by atoms with Crippen molar-refractivity contribution in [3.8, 4) is 0 Å². The highest BCUT2D eigenvalue weighted by Gasteiger charge is 2.26. The average molecular weight is 215 g/mol. The Hall–Kier alpha value is -0.570. The Morgan fingerprint density at radius 2 is 1.93 bits per heavy atom. The van der Waals surface area contributed by atoms with Gasteiger partial charge < -0.3 is 4.74 Å². The number of hydrogen-bond acceptors (Lipinski definition) is 3. The Labute approximate surface area is 93.8 Å². The van der Waals surface area contributed by atoms with Gasteiger partial charge in [0.25, 0.3) is 0 Å². The van der Waals surface area contributed by atoms with Crippen LogP contribution in [-0.2, 0) is 9.53 Å². The largest absolute Gasteiger partial charge is 0.468 e. The van der Waals surface area contributed by atoms with Crippen LogP contribution in [-0.4, -0.2) is 36.6 Å². The maximum atomic E-state index is 11.7. The van der Waals surface area contributed by atoms with Crippen LogP contribution < -0.4 is 0 Å². The summed E-state index contributed by atoms with van der Waals surface area (Å²) in [6.07, 6.45) is 3.08. The number of carbonyl (C=O) groups is 1. The van der Waals surface area contributed by atoms with Gasteiger partial charge >= 0.3 is 5.97 Å². The van der Waals surface area contributed by atoms with Crippen LogP contribution in [0.3, 0.4) is 0 Å². The molecule has 3 nitrogen and oxygen atoms in total. The minimum absolute atomic E-state index is 0.0695. The van der Waals surface area contributed by atoms with E-state index in [1.54, 1.807) is 0 Å². The number of unbranched alkanes of at least 4 members (excludes halogenated alkanes) is 1. The number of esters is 1. The molecule has 0 amide bonds. The summed E-state index contributed by atoms with van der Waals surface area (Å²) in [6.45, 7) is 9.35. The molecular weight excluding hydrogens is 190 g/mol. The average Bonchev–Trinajstić information content (AvgIpc) is 2.22. The number of hydrogen-bond donors (Lipinski definition) is 0. The van der Waals surface area contributed by atoms with Crippen LogP contribution in [0, 0.1) is 0 Å². The molecule has 0 aromatic heterocycles. The normalized spacial score (nSPS) is 13.3. The second-order valence-corrected chi connectivity index (χ2v) is 4.11. The minimum atomic E-state index is -0.0981. The molecule has 0 aliphatic carbocycles. The van der Waals surface area contributed by atoms with Crippen LogP contribution in [0.15, 0.2) is 0 Å². The second kappa shape index (κ2) is 7.69. The number of carbonyl (C=O) groups excluding carboxylic acids is 1. The summed E-state index contributed by atoms with van der Waals surface area (Å²) in [5.41, 5.74) is 0. The topological polar surface area (TPSA) is 29.5 Å². The predicted octanol–water partition coefficient (Wildman–Crippen LogP) is 2.45. The van der Waals surface area contributed by atoms with E-state index in [2.05, 4.69) is 32.6 Å². The van der Waals surface area contributed by atoms with Crippen LogP contribution in [0.5, 0.6) is 0 Å². The monoisotopic (exact) mass is 215 g/mol. The van der Waals surface area contributed by atoms with Gasteiger partial charge in [-0.3, -0.25) is 9.69 Å². The highest BCUT2D eigenvalue weighted by molar-refractivity contribution is 5.75. The van der Waals surface area contributed by atoms with Crippen LogP contribution in [0.2, 0.25) is 0 Å². The molecule has 1 unspecified atom stereocenters. The van der Waals surface area contributed by atoms with Crippen molar-refractivity contribution >= 4 is 5.97 Å². The first kappa shape index (κ1) is 14.4. The van der Waals surface area contributed by atoms with E-state index in [0.29, 0.717) is 6.04 Å². The standard InChI is InChI=1S/C12H25NO2/c1-6-8-9-11(12(14)15-5)13(7-2)10(3)4/h10-11H,6-9H2,1-5H3. The number of nitrogens with zero attached hydrogens (tertiary/aromatic N) is 1. The smallest absolute Gasteiger partial charge is 0.323 e. The van der Waals surface area contributed by atoms with Gasteiger partial charge in [0.2, 0.25) is 0 Å². The van der Waals surface area contributed by atoms with E-state index in [-0.39, 0.29) is 12.0 Å². The summed E-state index contributed by atoms with van der Waals surface area (Å²) in [7, 11) is 1.47. The lowest BCUT2D eigenvalue weighted by atomic mass is 10.1. The SMILES string of the molecule is CCCCC(C(=O)OC)N(CC)C(C)C. The summed E-state index contributed by atoms with van der Waals surface area (Å²) in [4.78, 5) is 13.9. The molecule has 15 heavy (non-hydrogen) atoms. The van der Waals surface area contributed by atoms with Gasteiger partial charge in [0.1, 0.15) is 6.04 Å². The summed E-state index contributed by atoms with van der Waals surface area (Å²) in [5, 5.41) is 0. The molecule has 1 atom stereocenters. The van der Waals surface area contributed by atoms with E-state index in [1.807, 2.05) is 0 Å². The fourth-order valence-corrected chi connectivity index (χ4v) is 1.90. The Kier molecular flexibility index (Phi) is 7.39. The molecule has 0 spiro atoms. The first-order valence-electron chi connectivity index (χ1n) is 5.91. The van der Waals surface area contributed by atoms with E-state index >= 15 is 0 Å². The molecule has 0 aliphatic rings. The Morgan fingerprint density at radius 3 is 2.27 bits per heavy atom. The second-order valence-electron chi connectivity index (χ2n) is 4.11. The molecule has 0 N–H and O–H groups in total. The molecule has 0 rings (SSSR count). The van der Waals surface area contributed by atoms with Crippen LogP contribution in [0.1, 0.15) is 47.0 Å². The van der Waals surface area contributed by atoms with Gasteiger partial charge in [0.15, 0.2) is 0 Å². The minimum Gasteiger partial charge on any atom is -0.468 e. The third-order valence-electron chi connectivity index (χ3n) is 2.73. The fraction of sp³-hybridized carbons (Fsp3) is 0.917. The van der Waals surface area contributed by atoms with E-state index < -0.39 is 0 Å². The summed E-state index contributed by atoms with van der Waals surface area (Å²) in [5.74, 6) is -0.0981. The van der Waals surface area contributed by atoms with E-state index in [4.69, 9.17) is 4.74 Å². The molecule has 0 saturated heterocycles. The highest BCUT2D eigenvalue weighted by Crippen LogP contribution is 2.13. The highest BCUT2D eigenvalue weighted by atomic mass is 16.5. The van der Waals surface area contributed by atoms with Gasteiger partial charge in [-0.1, -0.05) is 26.7 Å². The number of ether oxygens (including phenoxy) is 1. The van der Waals surface area contributed by atoms with Crippen molar-refractivity contribution in [3.05, 3.63) is 0 Å². The van der Waals surface area contributed by atoms with Crippen LogP contribution in [0.25, 0.3) is 0 Å². The van der Waals surface area contributed by atoms with Gasteiger partial charge in [-0.15, -0.1) is 0 Å². The van der Waals surface area contributed by atoms with Gasteiger partial charge in [0, 0.05) is 6.04 Å². The van der Waals surface area contributed by atoms with Crippen LogP contribution >= 0.6 is 0 Å². The first-order valence-corrected chi connectivity index (χ1v) is 5.91. The van der Waals surface area contributed by atoms with Crippen molar-refractivity contribution in [3.63, 3.8) is 0 Å². The maximum absolute atomic E-state index is 11.7. The van der Waals surface area contributed by atoms with E-state index in [9.17, 15) is 4.79 Å². The maximum Gasteiger partial charge on any atom is 0.323 e. The lowest BCUT2D eigenvalue weighted by Gasteiger charge is -2.32. The van der Waals surface area contributed by atoms with Crippen molar-refractivity contribution in [2.24, 2.45) is 0 Å². The summed E-state index contributed by atoms with van der Waals surface area (Å²) in [6, 6.07) is 0.316. The molecule has 0 fully saturated rings. The molecule has 0 aromatic carbocycles. The van der Waals surface area contributed by atoms with Gasteiger partial charge in [-0.05, 0) is 26.8 Å². The molecule has 0 saturated carbocycles. The quantitative estimate of drug-likeness (QED) is 0.611. The zero-order valence-electron chi connectivity index (χ0n) is 10.7. The van der Waals surface area contributed by atoms with Crippen LogP contribution in [0.4, 0.5) is 0 Å². The van der Waals surface area contributed by atoms with Crippen molar-refractivity contribution in [2.45, 2.75) is 59.0 Å². The Morgan fingerprint density at radius 1 is 1.33 bits per heavy atom. The van der Waals surface area contributed by atoms with Gasteiger partial charge in [-0.25, -0.2) is 0 Å². The number of likely N-dealkylation sites (N-methyl/N-ethyl adjacent to an activating group) is 1. The van der Waals surface area contributed by atoms with Crippen molar-refractivity contribution < 1.29 is 9.53 Å². The molecule has 0 heterocycles. The third kappa shape index (κ3) is 4.65. The molecule has 0 radical (unpaired) electrons. The van der Waals surface area contributed by atoms with Crippen molar-refractivity contribution in [1.82, 2.24) is 4.90 Å². The Balaban J connectivity index is 4.50. The summed E-state index contributed by atoms with van der Waals surface area (Å²) >= 11 is 0. The van der Waals surface area contributed by atoms with Crippen molar-refractivity contribution in [2.75, 3.05) is 13.7 Å². The fourth-order valence-electron chi connectivity index (χ4n) is 1.90. The van der Waals surface area contributed by atoms with E-state index in [0.717, 1.165) is 25.8 Å². The third-order valence-corrected chi connectivity index (χ3v) is 2.73. The molecular formula is C12H25NO2. The lowest BCUT2D eigenvalue weighted by molar-refractivity contribution is -0.148. The lowest BCUT2D eigenvalue weighted by Crippen LogP contribution is -2.45. The molecule has 3 heteroatoms. The summed E-state index contributed by atoms with van der Waals surface area (Å²) < 4.78 is 4.86. The van der Waals surface area contributed by atoms with E-state index in [1.165, 1.54) is 7.11 Å². The molecule has 0 bridgehead atoms. The molecule has 0 aliphatic heterocycles. The number of rotatable bonds is 7. The van der Waals surface area contributed by atoms with Gasteiger partial charge in [-0.2, -0.15) is 0 Å². The zero-order valence-corrected chi connectivity index (χ0v) is 10.7. The van der Waals surface area contributed by atoms with Crippen molar-refractivity contribution in [1.29, 1.82) is 0 Å². The molecule has 90 valence electrons. The number of methoxy groups -OCH3 is 1. The Bertz CT molecular complexity index is 180. The van der Waals surface area contributed by atoms with Gasteiger partial charge in [0.05, 0.1) is 7.11 Å². The zero-order chi connectivity index (χ0) is 11.8.